The van der Waals surface area contributed by atoms with Gasteiger partial charge in [0.1, 0.15) is 12.2 Å². The van der Waals surface area contributed by atoms with Crippen LogP contribution in [0.3, 0.4) is 0 Å². The van der Waals surface area contributed by atoms with Crippen molar-refractivity contribution in [3.05, 3.63) is 32.9 Å². The largest absolute Gasteiger partial charge is 0.271 e. The van der Waals surface area contributed by atoms with Gasteiger partial charge in [-0.2, -0.15) is 5.10 Å². The summed E-state index contributed by atoms with van der Waals surface area (Å²) < 4.78 is 2.98. The van der Waals surface area contributed by atoms with E-state index >= 15 is 0 Å². The second-order valence-corrected chi connectivity index (χ2v) is 6.05. The maximum atomic E-state index is 5.61. The van der Waals surface area contributed by atoms with E-state index in [2.05, 4.69) is 37.5 Å². The Morgan fingerprint density at radius 2 is 2.41 bits per heavy atom. The molecule has 0 bridgehead atoms. The number of nitrogens with two attached hydrogens (primary N) is 1. The van der Waals surface area contributed by atoms with Crippen LogP contribution in [0.1, 0.15) is 23.7 Å². The maximum Gasteiger partial charge on any atom is 0.138 e. The third-order valence-electron chi connectivity index (χ3n) is 2.52. The third kappa shape index (κ3) is 2.92. The summed E-state index contributed by atoms with van der Waals surface area (Å²) in [4.78, 5) is 5.44. The first-order valence-electron chi connectivity index (χ1n) is 5.32. The highest BCUT2D eigenvalue weighted by molar-refractivity contribution is 9.11. The molecule has 2 heterocycles. The minimum atomic E-state index is 0.0702. The van der Waals surface area contributed by atoms with E-state index in [1.54, 1.807) is 17.7 Å². The van der Waals surface area contributed by atoms with E-state index in [1.165, 1.54) is 4.88 Å². The molecule has 0 amide bonds. The fourth-order valence-corrected chi connectivity index (χ4v) is 3.13. The number of nitrogens with zero attached hydrogens (tertiary/aromatic N) is 3. The van der Waals surface area contributed by atoms with Gasteiger partial charge in [-0.3, -0.25) is 16.0 Å². The molecule has 2 rings (SSSR count). The molecule has 2 aromatic rings. The molecule has 17 heavy (non-hydrogen) atoms. The quantitative estimate of drug-likeness (QED) is 0.653. The summed E-state index contributed by atoms with van der Waals surface area (Å²) >= 11 is 5.12. The van der Waals surface area contributed by atoms with Crippen LogP contribution >= 0.6 is 27.3 Å². The highest BCUT2D eigenvalue weighted by Gasteiger charge is 2.15. The molecule has 0 aliphatic carbocycles. The van der Waals surface area contributed by atoms with E-state index < -0.39 is 0 Å². The number of aromatic nitrogens is 3. The van der Waals surface area contributed by atoms with Crippen LogP contribution in [-0.2, 0) is 13.0 Å². The topological polar surface area (TPSA) is 68.8 Å². The van der Waals surface area contributed by atoms with Crippen molar-refractivity contribution in [3.63, 3.8) is 0 Å². The van der Waals surface area contributed by atoms with Crippen LogP contribution in [0.4, 0.5) is 0 Å². The Labute approximate surface area is 112 Å². The first-order valence-corrected chi connectivity index (χ1v) is 6.93. The van der Waals surface area contributed by atoms with Gasteiger partial charge in [0.2, 0.25) is 0 Å². The van der Waals surface area contributed by atoms with Crippen LogP contribution in [-0.4, -0.2) is 14.8 Å². The van der Waals surface area contributed by atoms with Crippen LogP contribution in [0.25, 0.3) is 0 Å². The fraction of sp³-hybridized carbons (Fsp3) is 0.400. The van der Waals surface area contributed by atoms with Crippen molar-refractivity contribution < 1.29 is 0 Å². The van der Waals surface area contributed by atoms with Crippen LogP contribution < -0.4 is 11.3 Å². The molecular weight excluding hydrogens is 302 g/mol. The average molecular weight is 316 g/mol. The van der Waals surface area contributed by atoms with Crippen LogP contribution in [0.2, 0.25) is 0 Å². The molecule has 0 spiro atoms. The van der Waals surface area contributed by atoms with E-state index in [0.717, 1.165) is 22.6 Å². The lowest BCUT2D eigenvalue weighted by molar-refractivity contribution is 0.516. The predicted octanol–water partition coefficient (Wildman–Crippen LogP) is 1.87. The second-order valence-electron chi connectivity index (χ2n) is 3.56. The Bertz CT molecular complexity index is 481. The van der Waals surface area contributed by atoms with Gasteiger partial charge in [-0.15, -0.1) is 11.3 Å². The van der Waals surface area contributed by atoms with Crippen molar-refractivity contribution in [1.29, 1.82) is 0 Å². The number of hydrazine groups is 1. The average Bonchev–Trinajstić information content (AvgIpc) is 2.94. The Morgan fingerprint density at radius 3 is 3.00 bits per heavy atom. The lowest BCUT2D eigenvalue weighted by Gasteiger charge is -2.13. The number of hydrogen-bond donors (Lipinski definition) is 2. The van der Waals surface area contributed by atoms with Gasteiger partial charge in [-0.1, -0.05) is 0 Å². The lowest BCUT2D eigenvalue weighted by atomic mass is 10.2. The van der Waals surface area contributed by atoms with Crippen molar-refractivity contribution in [2.24, 2.45) is 5.84 Å². The molecule has 0 radical (unpaired) electrons. The predicted molar refractivity (Wildman–Crippen MR) is 71.5 cm³/mol. The zero-order valence-electron chi connectivity index (χ0n) is 9.43. The molecule has 0 aliphatic rings. The number of rotatable bonds is 5. The molecule has 2 aromatic heterocycles. The molecule has 0 saturated heterocycles. The van der Waals surface area contributed by atoms with Gasteiger partial charge < -0.3 is 0 Å². The summed E-state index contributed by atoms with van der Waals surface area (Å²) in [6.45, 7) is 2.87. The fourth-order valence-electron chi connectivity index (χ4n) is 1.65. The monoisotopic (exact) mass is 315 g/mol. The Kier molecular flexibility index (Phi) is 4.27. The molecule has 5 nitrogen and oxygen atoms in total. The number of hydrogen-bond acceptors (Lipinski definition) is 5. The van der Waals surface area contributed by atoms with E-state index in [0.29, 0.717) is 0 Å². The van der Waals surface area contributed by atoms with Crippen molar-refractivity contribution in [2.75, 3.05) is 0 Å². The first-order chi connectivity index (χ1) is 8.24. The molecule has 1 unspecified atom stereocenters. The molecule has 7 heteroatoms. The third-order valence-corrected chi connectivity index (χ3v) is 4.26. The van der Waals surface area contributed by atoms with Gasteiger partial charge in [-0.25, -0.2) is 4.98 Å². The summed E-state index contributed by atoms with van der Waals surface area (Å²) in [5, 5.41) is 4.15. The number of halogens is 1. The minimum absolute atomic E-state index is 0.0702. The van der Waals surface area contributed by atoms with E-state index in [1.807, 2.05) is 17.7 Å². The standard InChI is InChI=1S/C10H14BrN5S/c1-2-16-10(13-6-14-16)5-7(15-12)8-3-4-9(11)17-8/h3-4,6-7,15H,2,5,12H2,1H3. The minimum Gasteiger partial charge on any atom is -0.271 e. The van der Waals surface area contributed by atoms with Gasteiger partial charge in [-0.05, 0) is 35.0 Å². The molecule has 0 aromatic carbocycles. The van der Waals surface area contributed by atoms with E-state index in [-0.39, 0.29) is 6.04 Å². The molecule has 92 valence electrons. The van der Waals surface area contributed by atoms with Gasteiger partial charge in [0.05, 0.1) is 9.83 Å². The zero-order chi connectivity index (χ0) is 12.3. The number of nitrogens with one attached hydrogen (secondary N) is 1. The number of thiophene rings is 1. The van der Waals surface area contributed by atoms with Crippen LogP contribution in [0.15, 0.2) is 22.2 Å². The lowest BCUT2D eigenvalue weighted by Crippen LogP contribution is -2.29. The van der Waals surface area contributed by atoms with E-state index in [4.69, 9.17) is 5.84 Å². The smallest absolute Gasteiger partial charge is 0.138 e. The van der Waals surface area contributed by atoms with Crippen molar-refractivity contribution in [3.8, 4) is 0 Å². The summed E-state index contributed by atoms with van der Waals surface area (Å²) in [7, 11) is 0. The Hall–Kier alpha value is -0.760. The Balaban J connectivity index is 2.15. The Morgan fingerprint density at radius 1 is 1.59 bits per heavy atom. The van der Waals surface area contributed by atoms with Gasteiger partial charge >= 0.3 is 0 Å². The normalized spacial score (nSPS) is 12.9. The first kappa shape index (κ1) is 12.7. The summed E-state index contributed by atoms with van der Waals surface area (Å²) in [6, 6.07) is 4.15. The van der Waals surface area contributed by atoms with Crippen molar-refractivity contribution >= 4 is 27.3 Å². The van der Waals surface area contributed by atoms with Crippen molar-refractivity contribution in [1.82, 2.24) is 20.2 Å². The van der Waals surface area contributed by atoms with E-state index in [9.17, 15) is 0 Å². The molecular formula is C10H14BrN5S. The van der Waals surface area contributed by atoms with Gasteiger partial charge in [0.15, 0.2) is 0 Å². The van der Waals surface area contributed by atoms with Crippen LogP contribution in [0, 0.1) is 0 Å². The van der Waals surface area contributed by atoms with Gasteiger partial charge in [0, 0.05) is 17.8 Å². The molecule has 0 saturated carbocycles. The summed E-state index contributed by atoms with van der Waals surface area (Å²) in [5.74, 6) is 6.55. The van der Waals surface area contributed by atoms with Gasteiger partial charge in [0.25, 0.3) is 0 Å². The molecule has 1 atom stereocenters. The summed E-state index contributed by atoms with van der Waals surface area (Å²) in [6.07, 6.45) is 2.31. The van der Waals surface area contributed by atoms with Crippen molar-refractivity contribution in [2.45, 2.75) is 25.9 Å². The second kappa shape index (κ2) is 5.72. The number of aryl methyl sites for hydroxylation is 1. The maximum absolute atomic E-state index is 5.61. The van der Waals surface area contributed by atoms with Crippen LogP contribution in [0.5, 0.6) is 0 Å². The highest BCUT2D eigenvalue weighted by atomic mass is 79.9. The molecule has 3 N–H and O–H groups in total. The highest BCUT2D eigenvalue weighted by Crippen LogP contribution is 2.28. The summed E-state index contributed by atoms with van der Waals surface area (Å²) in [5.41, 5.74) is 2.83. The molecule has 0 fully saturated rings. The SMILES string of the molecule is CCn1ncnc1CC(NN)c1ccc(Br)s1. The zero-order valence-corrected chi connectivity index (χ0v) is 11.8. The molecule has 0 aliphatic heterocycles.